The van der Waals surface area contributed by atoms with E-state index in [0.717, 1.165) is 5.56 Å². The molecule has 0 fully saturated rings. The van der Waals surface area contributed by atoms with E-state index in [-0.39, 0.29) is 11.9 Å². The van der Waals surface area contributed by atoms with Gasteiger partial charge in [0, 0.05) is 0 Å². The van der Waals surface area contributed by atoms with E-state index >= 15 is 0 Å². The van der Waals surface area contributed by atoms with Crippen molar-refractivity contribution >= 4 is 0 Å². The predicted octanol–water partition coefficient (Wildman–Crippen LogP) is 0.618. The van der Waals surface area contributed by atoms with Gasteiger partial charge in [-0.05, 0) is 12.5 Å². The summed E-state index contributed by atoms with van der Waals surface area (Å²) >= 11 is 0. The summed E-state index contributed by atoms with van der Waals surface area (Å²) in [4.78, 5) is 4.88. The standard InChI is InChI=1S/C11H15N3O2/c1-8(14-7-10(12)16-13-14)11(15)9-5-3-2-4-6-9/h2-8,11,13,15H,12H2,1H3. The average molecular weight is 221 g/mol. The molecule has 2 atom stereocenters. The van der Waals surface area contributed by atoms with Gasteiger partial charge in [0.1, 0.15) is 6.10 Å². The van der Waals surface area contributed by atoms with Gasteiger partial charge in [0.25, 0.3) is 0 Å². The number of benzene rings is 1. The molecule has 1 aliphatic heterocycles. The van der Waals surface area contributed by atoms with Crippen LogP contribution in [0.25, 0.3) is 0 Å². The molecule has 0 amide bonds. The fourth-order valence-corrected chi connectivity index (χ4v) is 1.58. The van der Waals surface area contributed by atoms with Crippen LogP contribution in [0.15, 0.2) is 42.4 Å². The lowest BCUT2D eigenvalue weighted by Gasteiger charge is -2.26. The number of hydrazine groups is 1. The molecule has 16 heavy (non-hydrogen) atoms. The van der Waals surface area contributed by atoms with Crippen molar-refractivity contribution in [3.8, 4) is 0 Å². The monoisotopic (exact) mass is 221 g/mol. The maximum absolute atomic E-state index is 10.1. The first kappa shape index (κ1) is 10.8. The van der Waals surface area contributed by atoms with E-state index in [1.807, 2.05) is 37.3 Å². The number of rotatable bonds is 3. The molecule has 0 aliphatic carbocycles. The molecule has 1 heterocycles. The minimum atomic E-state index is -0.612. The van der Waals surface area contributed by atoms with Crippen LogP contribution in [0, 0.1) is 0 Å². The minimum Gasteiger partial charge on any atom is -0.386 e. The summed E-state index contributed by atoms with van der Waals surface area (Å²) in [7, 11) is 0. The quantitative estimate of drug-likeness (QED) is 0.698. The summed E-state index contributed by atoms with van der Waals surface area (Å²) in [6.45, 7) is 1.88. The van der Waals surface area contributed by atoms with Crippen LogP contribution in [-0.2, 0) is 4.84 Å². The van der Waals surface area contributed by atoms with Crippen LogP contribution >= 0.6 is 0 Å². The normalized spacial score (nSPS) is 18.9. The van der Waals surface area contributed by atoms with Crippen molar-refractivity contribution in [2.45, 2.75) is 19.1 Å². The van der Waals surface area contributed by atoms with E-state index in [2.05, 4.69) is 5.59 Å². The number of hydrogen-bond donors (Lipinski definition) is 3. The molecule has 0 saturated heterocycles. The van der Waals surface area contributed by atoms with E-state index in [0.29, 0.717) is 0 Å². The number of nitrogens with zero attached hydrogens (tertiary/aromatic N) is 1. The fourth-order valence-electron chi connectivity index (χ4n) is 1.58. The second-order valence-corrected chi connectivity index (χ2v) is 3.73. The number of aliphatic hydroxyl groups is 1. The van der Waals surface area contributed by atoms with Crippen molar-refractivity contribution in [2.24, 2.45) is 5.73 Å². The van der Waals surface area contributed by atoms with Crippen LogP contribution in [0.3, 0.4) is 0 Å². The summed E-state index contributed by atoms with van der Waals surface area (Å²) in [5.74, 6) is 0.284. The summed E-state index contributed by atoms with van der Waals surface area (Å²) in [6, 6.07) is 9.28. The van der Waals surface area contributed by atoms with Gasteiger partial charge < -0.3 is 15.7 Å². The van der Waals surface area contributed by atoms with Gasteiger partial charge in [-0.2, -0.15) is 0 Å². The molecule has 4 N–H and O–H groups in total. The molecular formula is C11H15N3O2. The van der Waals surface area contributed by atoms with Gasteiger partial charge in [0.2, 0.25) is 5.88 Å². The number of aliphatic hydroxyl groups excluding tert-OH is 1. The lowest BCUT2D eigenvalue weighted by Crippen LogP contribution is -2.39. The van der Waals surface area contributed by atoms with Crippen LogP contribution in [-0.4, -0.2) is 16.2 Å². The Morgan fingerprint density at radius 3 is 2.62 bits per heavy atom. The SMILES string of the molecule is CC(C(O)c1ccccc1)N1C=C(N)ON1. The molecule has 1 aliphatic rings. The zero-order valence-corrected chi connectivity index (χ0v) is 9.00. The molecule has 86 valence electrons. The molecule has 1 aromatic rings. The minimum absolute atomic E-state index is 0.177. The third-order valence-electron chi connectivity index (χ3n) is 2.57. The molecule has 0 saturated carbocycles. The first-order chi connectivity index (χ1) is 7.68. The van der Waals surface area contributed by atoms with E-state index in [1.54, 1.807) is 11.2 Å². The summed E-state index contributed by atoms with van der Waals surface area (Å²) in [5.41, 5.74) is 8.92. The van der Waals surface area contributed by atoms with Crippen molar-refractivity contribution in [1.82, 2.24) is 10.6 Å². The van der Waals surface area contributed by atoms with Crippen LogP contribution in [0.4, 0.5) is 0 Å². The van der Waals surface area contributed by atoms with Gasteiger partial charge in [0.05, 0.1) is 12.2 Å². The summed E-state index contributed by atoms with van der Waals surface area (Å²) < 4.78 is 0. The Bertz CT molecular complexity index is 380. The number of hydrogen-bond acceptors (Lipinski definition) is 5. The fraction of sp³-hybridized carbons (Fsp3) is 0.273. The molecular weight excluding hydrogens is 206 g/mol. The molecule has 5 nitrogen and oxygen atoms in total. The largest absolute Gasteiger partial charge is 0.386 e. The zero-order valence-electron chi connectivity index (χ0n) is 9.00. The first-order valence-electron chi connectivity index (χ1n) is 5.09. The average Bonchev–Trinajstić information content (AvgIpc) is 2.75. The van der Waals surface area contributed by atoms with Gasteiger partial charge in [-0.25, -0.2) is 0 Å². The first-order valence-corrected chi connectivity index (χ1v) is 5.09. The highest BCUT2D eigenvalue weighted by atomic mass is 16.7. The van der Waals surface area contributed by atoms with E-state index in [9.17, 15) is 5.11 Å². The third kappa shape index (κ3) is 2.10. The van der Waals surface area contributed by atoms with Crippen molar-refractivity contribution in [3.05, 3.63) is 48.0 Å². The van der Waals surface area contributed by atoms with Gasteiger partial charge >= 0.3 is 0 Å². The molecule has 0 spiro atoms. The summed E-state index contributed by atoms with van der Waals surface area (Å²) in [6.07, 6.45) is 0.996. The highest BCUT2D eigenvalue weighted by Crippen LogP contribution is 2.21. The van der Waals surface area contributed by atoms with E-state index < -0.39 is 6.10 Å². The lowest BCUT2D eigenvalue weighted by atomic mass is 10.0. The van der Waals surface area contributed by atoms with E-state index in [4.69, 9.17) is 10.6 Å². The van der Waals surface area contributed by atoms with Gasteiger partial charge in [0.15, 0.2) is 0 Å². The Morgan fingerprint density at radius 2 is 2.06 bits per heavy atom. The molecule has 2 rings (SSSR count). The Hall–Kier alpha value is -1.72. The Morgan fingerprint density at radius 1 is 1.38 bits per heavy atom. The number of nitrogens with two attached hydrogens (primary N) is 1. The zero-order chi connectivity index (χ0) is 11.5. The second-order valence-electron chi connectivity index (χ2n) is 3.73. The lowest BCUT2D eigenvalue weighted by molar-refractivity contribution is -0.0334. The maximum atomic E-state index is 10.1. The maximum Gasteiger partial charge on any atom is 0.229 e. The second kappa shape index (κ2) is 4.42. The van der Waals surface area contributed by atoms with Gasteiger partial charge in [-0.15, -0.1) is 0 Å². The highest BCUT2D eigenvalue weighted by molar-refractivity contribution is 5.18. The van der Waals surface area contributed by atoms with E-state index in [1.165, 1.54) is 0 Å². The van der Waals surface area contributed by atoms with Crippen LogP contribution in [0.1, 0.15) is 18.6 Å². The van der Waals surface area contributed by atoms with Crippen molar-refractivity contribution < 1.29 is 9.94 Å². The Labute approximate surface area is 94.0 Å². The topological polar surface area (TPSA) is 70.8 Å². The molecule has 0 bridgehead atoms. The number of nitrogens with one attached hydrogen (secondary N) is 1. The highest BCUT2D eigenvalue weighted by Gasteiger charge is 2.24. The molecule has 1 aromatic carbocycles. The summed E-state index contributed by atoms with van der Waals surface area (Å²) in [5, 5.41) is 11.8. The van der Waals surface area contributed by atoms with Gasteiger partial charge in [-0.3, -0.25) is 5.01 Å². The van der Waals surface area contributed by atoms with Crippen LogP contribution in [0.5, 0.6) is 0 Å². The van der Waals surface area contributed by atoms with Gasteiger partial charge in [-0.1, -0.05) is 35.9 Å². The smallest absolute Gasteiger partial charge is 0.229 e. The third-order valence-corrected chi connectivity index (χ3v) is 2.57. The predicted molar refractivity (Wildman–Crippen MR) is 59.2 cm³/mol. The van der Waals surface area contributed by atoms with Crippen molar-refractivity contribution in [1.29, 1.82) is 0 Å². The molecule has 0 radical (unpaired) electrons. The molecule has 0 aromatic heterocycles. The molecule has 2 unspecified atom stereocenters. The Balaban J connectivity index is 2.08. The molecule has 5 heteroatoms. The van der Waals surface area contributed by atoms with Crippen LogP contribution in [0.2, 0.25) is 0 Å². The Kier molecular flexibility index (Phi) is 2.98. The van der Waals surface area contributed by atoms with Crippen molar-refractivity contribution in [2.75, 3.05) is 0 Å². The van der Waals surface area contributed by atoms with Crippen LogP contribution < -0.4 is 11.3 Å². The van der Waals surface area contributed by atoms with Crippen molar-refractivity contribution in [3.63, 3.8) is 0 Å².